The number of nitrogens with zero attached hydrogens (tertiary/aromatic N) is 1. The van der Waals surface area contributed by atoms with E-state index < -0.39 is 5.60 Å². The molecule has 0 fully saturated rings. The molecule has 0 radical (unpaired) electrons. The zero-order valence-corrected chi connectivity index (χ0v) is 12.2. The van der Waals surface area contributed by atoms with Gasteiger partial charge in [0.05, 0.1) is 5.69 Å². The van der Waals surface area contributed by atoms with Crippen molar-refractivity contribution in [1.29, 1.82) is 0 Å². The van der Waals surface area contributed by atoms with Crippen LogP contribution in [0.3, 0.4) is 0 Å². The lowest BCUT2D eigenvalue weighted by atomic mass is 9.85. The van der Waals surface area contributed by atoms with Crippen LogP contribution in [0.2, 0.25) is 0 Å². The molecule has 0 bridgehead atoms. The number of unbranched alkanes of at least 4 members (excludes halogenated alkanes) is 1. The Hall–Kier alpha value is -2.13. The Balaban J connectivity index is 2.07. The van der Waals surface area contributed by atoms with Crippen LogP contribution in [0.15, 0.2) is 53.5 Å². The fourth-order valence-electron chi connectivity index (χ4n) is 2.84. The number of rotatable bonds is 4. The van der Waals surface area contributed by atoms with Crippen LogP contribution in [0.25, 0.3) is 0 Å². The number of aliphatic imine (C=N–C) groups is 1. The summed E-state index contributed by atoms with van der Waals surface area (Å²) in [4.78, 5) is 4.35. The molecule has 0 aromatic heterocycles. The van der Waals surface area contributed by atoms with E-state index in [1.165, 1.54) is 5.56 Å². The van der Waals surface area contributed by atoms with Gasteiger partial charge in [0.15, 0.2) is 5.60 Å². The van der Waals surface area contributed by atoms with E-state index in [9.17, 15) is 5.11 Å². The van der Waals surface area contributed by atoms with Crippen LogP contribution in [0.5, 0.6) is 0 Å². The third-order valence-corrected chi connectivity index (χ3v) is 4.07. The maximum absolute atomic E-state index is 11.2. The minimum atomic E-state index is -1.31. The van der Waals surface area contributed by atoms with E-state index >= 15 is 0 Å². The smallest absolute Gasteiger partial charge is 0.174 e. The van der Waals surface area contributed by atoms with E-state index in [0.717, 1.165) is 36.1 Å². The number of aliphatic hydroxyl groups is 1. The fraction of sp³-hybridized carbons (Fsp3) is 0.278. The zero-order chi connectivity index (χ0) is 14.9. The van der Waals surface area contributed by atoms with Crippen LogP contribution in [0.1, 0.15) is 36.5 Å². The van der Waals surface area contributed by atoms with E-state index in [2.05, 4.69) is 18.0 Å². The summed E-state index contributed by atoms with van der Waals surface area (Å²) in [6.07, 6.45) is 3.30. The summed E-state index contributed by atoms with van der Waals surface area (Å²) in [5.41, 5.74) is 8.27. The second-order valence-electron chi connectivity index (χ2n) is 5.53. The molecule has 1 atom stereocenters. The molecule has 3 N–H and O–H groups in total. The van der Waals surface area contributed by atoms with Crippen molar-refractivity contribution in [3.05, 3.63) is 65.2 Å². The quantitative estimate of drug-likeness (QED) is 0.903. The predicted molar refractivity (Wildman–Crippen MR) is 85.8 cm³/mol. The van der Waals surface area contributed by atoms with Gasteiger partial charge in [-0.1, -0.05) is 49.7 Å². The van der Waals surface area contributed by atoms with Gasteiger partial charge in [0.25, 0.3) is 0 Å². The molecule has 2 aromatic rings. The number of fused-ring (bicyclic) bond motifs is 1. The molecule has 0 saturated carbocycles. The van der Waals surface area contributed by atoms with Crippen LogP contribution in [-0.4, -0.2) is 10.9 Å². The molecule has 0 aliphatic carbocycles. The van der Waals surface area contributed by atoms with E-state index in [0.29, 0.717) is 0 Å². The fourth-order valence-corrected chi connectivity index (χ4v) is 2.84. The van der Waals surface area contributed by atoms with Gasteiger partial charge in [0.2, 0.25) is 0 Å². The van der Waals surface area contributed by atoms with Crippen LogP contribution >= 0.6 is 0 Å². The van der Waals surface area contributed by atoms with Crippen molar-refractivity contribution >= 4 is 11.5 Å². The van der Waals surface area contributed by atoms with Gasteiger partial charge in [-0.25, -0.2) is 4.99 Å². The first-order chi connectivity index (χ1) is 10.2. The van der Waals surface area contributed by atoms with Gasteiger partial charge in [-0.3, -0.25) is 0 Å². The molecule has 2 aromatic carbocycles. The van der Waals surface area contributed by atoms with Crippen molar-refractivity contribution in [2.24, 2.45) is 10.7 Å². The highest BCUT2D eigenvalue weighted by atomic mass is 16.3. The summed E-state index contributed by atoms with van der Waals surface area (Å²) in [5.74, 6) is 0.247. The van der Waals surface area contributed by atoms with Gasteiger partial charge >= 0.3 is 0 Å². The van der Waals surface area contributed by atoms with Gasteiger partial charge in [0, 0.05) is 5.56 Å². The third-order valence-electron chi connectivity index (χ3n) is 4.07. The number of hydrogen-bond donors (Lipinski definition) is 2. The Bertz CT molecular complexity index is 679. The lowest BCUT2D eigenvalue weighted by Gasteiger charge is -2.25. The standard InChI is InChI=1S/C18H20N2O/c1-2-3-7-13-10-11-16-15(12-13)18(21,17(19)20-16)14-8-5-4-6-9-14/h4-6,8-12,21H,2-3,7H2,1H3,(H2,19,20). The monoisotopic (exact) mass is 280 g/mol. The second kappa shape index (κ2) is 5.34. The highest BCUT2D eigenvalue weighted by Crippen LogP contribution is 2.42. The Morgan fingerprint density at radius 2 is 1.90 bits per heavy atom. The average Bonchev–Trinajstić information content (AvgIpc) is 2.78. The Labute approximate surface area is 125 Å². The van der Waals surface area contributed by atoms with E-state index in [1.54, 1.807) is 0 Å². The maximum atomic E-state index is 11.2. The molecule has 1 aliphatic rings. The van der Waals surface area contributed by atoms with E-state index in [1.807, 2.05) is 42.5 Å². The Kier molecular flexibility index (Phi) is 3.52. The highest BCUT2D eigenvalue weighted by molar-refractivity contribution is 6.00. The number of hydrogen-bond acceptors (Lipinski definition) is 3. The predicted octanol–water partition coefficient (Wildman–Crippen LogP) is 3.27. The first-order valence-electron chi connectivity index (χ1n) is 7.42. The molecule has 0 saturated heterocycles. The molecule has 1 aliphatic heterocycles. The molecular formula is C18H20N2O. The van der Waals surface area contributed by atoms with Gasteiger partial charge in [-0.15, -0.1) is 0 Å². The summed E-state index contributed by atoms with van der Waals surface area (Å²) < 4.78 is 0. The number of nitrogens with two attached hydrogens (primary N) is 1. The molecule has 0 spiro atoms. The summed E-state index contributed by atoms with van der Waals surface area (Å²) in [6.45, 7) is 2.18. The Morgan fingerprint density at radius 3 is 2.62 bits per heavy atom. The Morgan fingerprint density at radius 1 is 1.14 bits per heavy atom. The topological polar surface area (TPSA) is 58.6 Å². The van der Waals surface area contributed by atoms with Gasteiger partial charge in [-0.05, 0) is 36.1 Å². The number of aryl methyl sites for hydroxylation is 1. The average molecular weight is 280 g/mol. The minimum absolute atomic E-state index is 0.247. The molecule has 21 heavy (non-hydrogen) atoms. The normalized spacial score (nSPS) is 20.2. The lowest BCUT2D eigenvalue weighted by molar-refractivity contribution is 0.158. The van der Waals surface area contributed by atoms with Crippen LogP contribution in [-0.2, 0) is 12.0 Å². The molecule has 108 valence electrons. The number of amidine groups is 1. The minimum Gasteiger partial charge on any atom is -0.384 e. The van der Waals surface area contributed by atoms with Gasteiger partial charge < -0.3 is 10.8 Å². The first kappa shape index (κ1) is 13.8. The van der Waals surface area contributed by atoms with Crippen LogP contribution < -0.4 is 5.73 Å². The van der Waals surface area contributed by atoms with Crippen molar-refractivity contribution < 1.29 is 5.11 Å². The highest BCUT2D eigenvalue weighted by Gasteiger charge is 2.42. The van der Waals surface area contributed by atoms with Gasteiger partial charge in [-0.2, -0.15) is 0 Å². The summed E-state index contributed by atoms with van der Waals surface area (Å²) in [5, 5.41) is 11.2. The lowest BCUT2D eigenvalue weighted by Crippen LogP contribution is -2.39. The van der Waals surface area contributed by atoms with Crippen LogP contribution in [0.4, 0.5) is 5.69 Å². The van der Waals surface area contributed by atoms with E-state index in [4.69, 9.17) is 5.73 Å². The molecule has 1 unspecified atom stereocenters. The first-order valence-corrected chi connectivity index (χ1v) is 7.42. The molecule has 3 rings (SSSR count). The second-order valence-corrected chi connectivity index (χ2v) is 5.53. The van der Waals surface area contributed by atoms with Crippen molar-refractivity contribution in [3.63, 3.8) is 0 Å². The van der Waals surface area contributed by atoms with Crippen molar-refractivity contribution in [2.75, 3.05) is 0 Å². The third kappa shape index (κ3) is 2.24. The summed E-state index contributed by atoms with van der Waals surface area (Å²) >= 11 is 0. The maximum Gasteiger partial charge on any atom is 0.174 e. The SMILES string of the molecule is CCCCc1ccc2c(c1)C(O)(c1ccccc1)C(N)=N2. The molecule has 1 heterocycles. The zero-order valence-electron chi connectivity index (χ0n) is 12.2. The van der Waals surface area contributed by atoms with Crippen molar-refractivity contribution in [2.45, 2.75) is 31.8 Å². The molecule has 3 nitrogen and oxygen atoms in total. The van der Waals surface area contributed by atoms with E-state index in [-0.39, 0.29) is 5.84 Å². The number of benzene rings is 2. The van der Waals surface area contributed by atoms with Crippen LogP contribution in [0, 0.1) is 0 Å². The summed E-state index contributed by atoms with van der Waals surface area (Å²) in [6, 6.07) is 15.6. The molecular weight excluding hydrogens is 260 g/mol. The largest absolute Gasteiger partial charge is 0.384 e. The van der Waals surface area contributed by atoms with Crippen molar-refractivity contribution in [3.8, 4) is 0 Å². The summed E-state index contributed by atoms with van der Waals surface area (Å²) in [7, 11) is 0. The molecule has 3 heteroatoms. The van der Waals surface area contributed by atoms with Crippen molar-refractivity contribution in [1.82, 2.24) is 0 Å². The molecule has 0 amide bonds. The van der Waals surface area contributed by atoms with Gasteiger partial charge in [0.1, 0.15) is 5.84 Å².